The molecule has 2 atom stereocenters. The normalized spacial score (nSPS) is 21.6. The quantitative estimate of drug-likeness (QED) is 0.838. The zero-order chi connectivity index (χ0) is 14.5. The minimum Gasteiger partial charge on any atom is -0.497 e. The van der Waals surface area contributed by atoms with Crippen LogP contribution in [-0.2, 0) is 9.53 Å². The predicted molar refractivity (Wildman–Crippen MR) is 74.7 cm³/mol. The second-order valence-electron chi connectivity index (χ2n) is 4.73. The summed E-state index contributed by atoms with van der Waals surface area (Å²) in [6, 6.07) is 7.70. The standard InChI is InChI=1S/C16H18O4/c1-3-11-10-15(20-14(11)8-9-16(17)18)12-4-6-13(19-2)7-5-12/h4-7,14-15H,1,8-10H2,2H3,(H,17,18)/t14-,15-/m0/s1. The molecule has 4 nitrogen and oxygen atoms in total. The number of carboxylic acids is 1. The van der Waals surface area contributed by atoms with Crippen LogP contribution in [0.15, 0.2) is 42.1 Å². The lowest BCUT2D eigenvalue weighted by atomic mass is 10.0. The maximum atomic E-state index is 10.7. The fourth-order valence-corrected chi connectivity index (χ4v) is 2.36. The molecule has 0 aromatic heterocycles. The highest BCUT2D eigenvalue weighted by atomic mass is 16.5. The Kier molecular flexibility index (Phi) is 4.61. The third kappa shape index (κ3) is 3.29. The highest BCUT2D eigenvalue weighted by Crippen LogP contribution is 2.38. The molecule has 0 saturated carbocycles. The zero-order valence-electron chi connectivity index (χ0n) is 11.5. The second kappa shape index (κ2) is 6.42. The van der Waals surface area contributed by atoms with E-state index in [9.17, 15) is 4.79 Å². The van der Waals surface area contributed by atoms with Crippen molar-refractivity contribution < 1.29 is 19.4 Å². The van der Waals surface area contributed by atoms with E-state index in [2.05, 4.69) is 12.3 Å². The molecule has 0 radical (unpaired) electrons. The first-order chi connectivity index (χ1) is 9.63. The Bertz CT molecular complexity index is 526. The molecule has 1 heterocycles. The number of benzene rings is 1. The molecule has 1 aromatic carbocycles. The van der Waals surface area contributed by atoms with E-state index in [0.29, 0.717) is 12.8 Å². The Hall–Kier alpha value is -2.03. The van der Waals surface area contributed by atoms with Gasteiger partial charge >= 0.3 is 5.97 Å². The highest BCUT2D eigenvalue weighted by molar-refractivity contribution is 5.66. The van der Waals surface area contributed by atoms with Gasteiger partial charge in [-0.15, -0.1) is 5.73 Å². The number of rotatable bonds is 5. The van der Waals surface area contributed by atoms with Gasteiger partial charge in [-0.3, -0.25) is 4.79 Å². The van der Waals surface area contributed by atoms with Gasteiger partial charge in [-0.2, -0.15) is 0 Å². The van der Waals surface area contributed by atoms with E-state index in [0.717, 1.165) is 16.9 Å². The Labute approximate surface area is 118 Å². The number of methoxy groups -OCH3 is 1. The Morgan fingerprint density at radius 2 is 2.20 bits per heavy atom. The van der Waals surface area contributed by atoms with Crippen molar-refractivity contribution in [1.82, 2.24) is 0 Å². The Morgan fingerprint density at radius 1 is 1.50 bits per heavy atom. The van der Waals surface area contributed by atoms with E-state index in [4.69, 9.17) is 14.6 Å². The van der Waals surface area contributed by atoms with Gasteiger partial charge in [0.25, 0.3) is 0 Å². The van der Waals surface area contributed by atoms with Gasteiger partial charge in [-0.05, 0) is 24.1 Å². The molecule has 0 amide bonds. The third-order valence-corrected chi connectivity index (χ3v) is 3.46. The van der Waals surface area contributed by atoms with Gasteiger partial charge in [0.05, 0.1) is 19.3 Å². The Morgan fingerprint density at radius 3 is 2.75 bits per heavy atom. The molecule has 1 aliphatic heterocycles. The molecular formula is C16H18O4. The molecule has 0 aliphatic carbocycles. The van der Waals surface area contributed by atoms with Crippen LogP contribution in [0, 0.1) is 0 Å². The predicted octanol–water partition coefficient (Wildman–Crippen LogP) is 3.10. The summed E-state index contributed by atoms with van der Waals surface area (Å²) in [4.78, 5) is 10.7. The van der Waals surface area contributed by atoms with Crippen LogP contribution in [0.4, 0.5) is 0 Å². The van der Waals surface area contributed by atoms with Crippen LogP contribution >= 0.6 is 0 Å². The lowest BCUT2D eigenvalue weighted by Crippen LogP contribution is -2.10. The summed E-state index contributed by atoms with van der Waals surface area (Å²) in [5.41, 5.74) is 4.89. The van der Waals surface area contributed by atoms with E-state index in [1.165, 1.54) is 0 Å². The monoisotopic (exact) mass is 274 g/mol. The summed E-state index contributed by atoms with van der Waals surface area (Å²) in [5, 5.41) is 8.76. The summed E-state index contributed by atoms with van der Waals surface area (Å²) in [5.74, 6) is -0.0152. The smallest absolute Gasteiger partial charge is 0.303 e. The SMILES string of the molecule is C=C=C1C[C@@H](c2ccc(OC)cc2)O[C@H]1CCC(=O)O. The van der Waals surface area contributed by atoms with Gasteiger partial charge in [0.2, 0.25) is 0 Å². The van der Waals surface area contributed by atoms with Gasteiger partial charge in [0.1, 0.15) is 5.75 Å². The first-order valence-electron chi connectivity index (χ1n) is 6.54. The molecule has 0 bridgehead atoms. The van der Waals surface area contributed by atoms with E-state index >= 15 is 0 Å². The van der Waals surface area contributed by atoms with Gasteiger partial charge in [-0.25, -0.2) is 0 Å². The number of hydrogen-bond acceptors (Lipinski definition) is 3. The van der Waals surface area contributed by atoms with Crippen LogP contribution < -0.4 is 4.74 Å². The molecule has 106 valence electrons. The van der Waals surface area contributed by atoms with Crippen molar-refractivity contribution in [2.45, 2.75) is 31.5 Å². The molecule has 1 N–H and O–H groups in total. The molecule has 1 fully saturated rings. The zero-order valence-corrected chi connectivity index (χ0v) is 11.5. The number of hydrogen-bond donors (Lipinski definition) is 1. The maximum Gasteiger partial charge on any atom is 0.303 e. The molecule has 1 saturated heterocycles. The van der Waals surface area contributed by atoms with Crippen molar-refractivity contribution >= 4 is 5.97 Å². The van der Waals surface area contributed by atoms with Crippen molar-refractivity contribution in [3.63, 3.8) is 0 Å². The summed E-state index contributed by atoms with van der Waals surface area (Å²) in [6.45, 7) is 3.67. The summed E-state index contributed by atoms with van der Waals surface area (Å²) in [7, 11) is 1.63. The van der Waals surface area contributed by atoms with Crippen molar-refractivity contribution in [3.8, 4) is 5.75 Å². The molecule has 0 unspecified atom stereocenters. The molecule has 0 spiro atoms. The van der Waals surface area contributed by atoms with E-state index < -0.39 is 5.97 Å². The van der Waals surface area contributed by atoms with Gasteiger partial charge in [0.15, 0.2) is 0 Å². The third-order valence-electron chi connectivity index (χ3n) is 3.46. The molecule has 2 rings (SSSR count). The minimum absolute atomic E-state index is 0.0658. The fraction of sp³-hybridized carbons (Fsp3) is 0.375. The largest absolute Gasteiger partial charge is 0.497 e. The van der Waals surface area contributed by atoms with Gasteiger partial charge in [0, 0.05) is 18.4 Å². The topological polar surface area (TPSA) is 55.8 Å². The van der Waals surface area contributed by atoms with Gasteiger partial charge < -0.3 is 14.6 Å². The maximum absolute atomic E-state index is 10.7. The Balaban J connectivity index is 2.07. The average molecular weight is 274 g/mol. The summed E-state index contributed by atoms with van der Waals surface area (Å²) < 4.78 is 11.1. The van der Waals surface area contributed by atoms with Crippen LogP contribution in [0.2, 0.25) is 0 Å². The lowest BCUT2D eigenvalue weighted by molar-refractivity contribution is -0.137. The molecule has 1 aliphatic rings. The molecule has 4 heteroatoms. The average Bonchev–Trinajstić information content (AvgIpc) is 2.88. The van der Waals surface area contributed by atoms with Crippen LogP contribution in [0.5, 0.6) is 5.75 Å². The fourth-order valence-electron chi connectivity index (χ4n) is 2.36. The van der Waals surface area contributed by atoms with E-state index in [1.807, 2.05) is 24.3 Å². The summed E-state index contributed by atoms with van der Waals surface area (Å²) >= 11 is 0. The van der Waals surface area contributed by atoms with Crippen LogP contribution in [0.3, 0.4) is 0 Å². The van der Waals surface area contributed by atoms with E-state index in [-0.39, 0.29) is 18.6 Å². The molecule has 20 heavy (non-hydrogen) atoms. The second-order valence-corrected chi connectivity index (χ2v) is 4.73. The lowest BCUT2D eigenvalue weighted by Gasteiger charge is -2.13. The van der Waals surface area contributed by atoms with Crippen molar-refractivity contribution in [3.05, 3.63) is 47.7 Å². The number of carbonyl (C=O) groups is 1. The van der Waals surface area contributed by atoms with Crippen molar-refractivity contribution in [2.24, 2.45) is 0 Å². The van der Waals surface area contributed by atoms with Gasteiger partial charge in [-0.1, -0.05) is 18.7 Å². The van der Waals surface area contributed by atoms with Crippen LogP contribution in [-0.4, -0.2) is 24.3 Å². The molecule has 1 aromatic rings. The van der Waals surface area contributed by atoms with Crippen molar-refractivity contribution in [1.29, 1.82) is 0 Å². The minimum atomic E-state index is -0.815. The first-order valence-corrected chi connectivity index (χ1v) is 6.54. The summed E-state index contributed by atoms with van der Waals surface area (Å²) in [6.07, 6.45) is 0.991. The number of ether oxygens (including phenoxy) is 2. The van der Waals surface area contributed by atoms with Crippen LogP contribution in [0.1, 0.15) is 30.9 Å². The molecular weight excluding hydrogens is 256 g/mol. The first kappa shape index (κ1) is 14.4. The van der Waals surface area contributed by atoms with Crippen molar-refractivity contribution in [2.75, 3.05) is 7.11 Å². The van der Waals surface area contributed by atoms with Crippen LogP contribution in [0.25, 0.3) is 0 Å². The highest BCUT2D eigenvalue weighted by Gasteiger charge is 2.31. The number of aliphatic carboxylic acids is 1. The van der Waals surface area contributed by atoms with E-state index in [1.54, 1.807) is 7.11 Å². The number of carboxylic acid groups (broad SMARTS) is 1.